The lowest BCUT2D eigenvalue weighted by molar-refractivity contribution is -0.129. The zero-order valence-electron chi connectivity index (χ0n) is 10.7. The first kappa shape index (κ1) is 13.2. The molecule has 1 fully saturated rings. The minimum absolute atomic E-state index is 0.187. The summed E-state index contributed by atoms with van der Waals surface area (Å²) in [5.74, 6) is 1.30. The van der Waals surface area contributed by atoms with Crippen molar-refractivity contribution in [3.05, 3.63) is 11.6 Å². The number of nitrogens with zero attached hydrogens (tertiary/aromatic N) is 1. The molecule has 1 saturated heterocycles. The van der Waals surface area contributed by atoms with Gasteiger partial charge >= 0.3 is 0 Å². The van der Waals surface area contributed by atoms with Crippen LogP contribution >= 0.6 is 0 Å². The third kappa shape index (κ3) is 3.08. The summed E-state index contributed by atoms with van der Waals surface area (Å²) in [4.78, 5) is 14.0. The van der Waals surface area contributed by atoms with Gasteiger partial charge in [0.25, 0.3) is 0 Å². The zero-order chi connectivity index (χ0) is 12.1. The maximum absolute atomic E-state index is 12.1. The van der Waals surface area contributed by atoms with Crippen LogP contribution in [-0.4, -0.2) is 30.4 Å². The van der Waals surface area contributed by atoms with E-state index in [9.17, 15) is 4.79 Å². The topological polar surface area (TPSA) is 46.3 Å². The molecule has 0 aromatic heterocycles. The first-order valence-electron chi connectivity index (χ1n) is 6.26. The standard InChI is InChI=1S/C13H24N2O/c1-4-5-11(3)13(16)15-7-6-10(2)12(8-14)9-15/h5,10,12H,4,6-9,14H2,1-3H3/b11-5-. The van der Waals surface area contributed by atoms with Crippen LogP contribution in [0.4, 0.5) is 0 Å². The molecule has 0 bridgehead atoms. The number of carbonyl (C=O) groups is 1. The molecular weight excluding hydrogens is 200 g/mol. The van der Waals surface area contributed by atoms with E-state index in [0.717, 1.165) is 31.5 Å². The van der Waals surface area contributed by atoms with Crippen LogP contribution in [0, 0.1) is 11.8 Å². The van der Waals surface area contributed by atoms with Crippen LogP contribution in [0.15, 0.2) is 11.6 Å². The van der Waals surface area contributed by atoms with Gasteiger partial charge in [-0.1, -0.05) is 19.9 Å². The Hall–Kier alpha value is -0.830. The van der Waals surface area contributed by atoms with Gasteiger partial charge in [0.2, 0.25) is 5.91 Å². The first-order valence-corrected chi connectivity index (χ1v) is 6.26. The van der Waals surface area contributed by atoms with E-state index in [1.54, 1.807) is 0 Å². The van der Waals surface area contributed by atoms with E-state index in [0.29, 0.717) is 18.4 Å². The van der Waals surface area contributed by atoms with Crippen LogP contribution < -0.4 is 5.73 Å². The average molecular weight is 224 g/mol. The SMILES string of the molecule is CC/C=C(/C)C(=O)N1CCC(C)C(CN)C1. The number of carbonyl (C=O) groups excluding carboxylic acids is 1. The monoisotopic (exact) mass is 224 g/mol. The second-order valence-electron chi connectivity index (χ2n) is 4.81. The molecule has 0 spiro atoms. The van der Waals surface area contributed by atoms with Gasteiger partial charge in [0.1, 0.15) is 0 Å². The highest BCUT2D eigenvalue weighted by Crippen LogP contribution is 2.23. The van der Waals surface area contributed by atoms with Crippen molar-refractivity contribution in [2.45, 2.75) is 33.6 Å². The maximum atomic E-state index is 12.1. The van der Waals surface area contributed by atoms with Gasteiger partial charge in [-0.3, -0.25) is 4.79 Å². The quantitative estimate of drug-likeness (QED) is 0.743. The van der Waals surface area contributed by atoms with Gasteiger partial charge < -0.3 is 10.6 Å². The largest absolute Gasteiger partial charge is 0.339 e. The highest BCUT2D eigenvalue weighted by molar-refractivity contribution is 5.92. The lowest BCUT2D eigenvalue weighted by Crippen LogP contribution is -2.45. The molecule has 1 amide bonds. The molecule has 1 heterocycles. The van der Waals surface area contributed by atoms with Crippen LogP contribution in [0.2, 0.25) is 0 Å². The number of hydrogen-bond acceptors (Lipinski definition) is 2. The smallest absolute Gasteiger partial charge is 0.249 e. The summed E-state index contributed by atoms with van der Waals surface area (Å²) in [6, 6.07) is 0. The summed E-state index contributed by atoms with van der Waals surface area (Å²) in [5.41, 5.74) is 6.61. The number of amides is 1. The van der Waals surface area contributed by atoms with Crippen molar-refractivity contribution in [3.63, 3.8) is 0 Å². The third-order valence-corrected chi connectivity index (χ3v) is 3.55. The summed E-state index contributed by atoms with van der Waals surface area (Å²) in [7, 11) is 0. The molecule has 16 heavy (non-hydrogen) atoms. The zero-order valence-corrected chi connectivity index (χ0v) is 10.7. The molecule has 0 aromatic rings. The number of allylic oxidation sites excluding steroid dienone is 1. The molecule has 0 aliphatic carbocycles. The van der Waals surface area contributed by atoms with Crippen molar-refractivity contribution in [1.29, 1.82) is 0 Å². The molecule has 92 valence electrons. The molecule has 3 nitrogen and oxygen atoms in total. The Balaban J connectivity index is 2.62. The van der Waals surface area contributed by atoms with Crippen LogP contribution in [0.3, 0.4) is 0 Å². The van der Waals surface area contributed by atoms with Crippen LogP contribution in [0.25, 0.3) is 0 Å². The fraction of sp³-hybridized carbons (Fsp3) is 0.769. The van der Waals surface area contributed by atoms with E-state index in [-0.39, 0.29) is 5.91 Å². The summed E-state index contributed by atoms with van der Waals surface area (Å²) >= 11 is 0. The van der Waals surface area contributed by atoms with Gasteiger partial charge in [0, 0.05) is 18.7 Å². The lowest BCUT2D eigenvalue weighted by Gasteiger charge is -2.36. The lowest BCUT2D eigenvalue weighted by atomic mass is 9.87. The predicted molar refractivity (Wildman–Crippen MR) is 67.0 cm³/mol. The highest BCUT2D eigenvalue weighted by atomic mass is 16.2. The average Bonchev–Trinajstić information content (AvgIpc) is 2.29. The van der Waals surface area contributed by atoms with Crippen molar-refractivity contribution in [2.24, 2.45) is 17.6 Å². The molecule has 0 aromatic carbocycles. The highest BCUT2D eigenvalue weighted by Gasteiger charge is 2.28. The molecule has 1 aliphatic rings. The summed E-state index contributed by atoms with van der Waals surface area (Å²) in [6.45, 7) is 8.57. The summed E-state index contributed by atoms with van der Waals surface area (Å²) in [6.07, 6.45) is 3.99. The summed E-state index contributed by atoms with van der Waals surface area (Å²) in [5, 5.41) is 0. The third-order valence-electron chi connectivity index (χ3n) is 3.55. The van der Waals surface area contributed by atoms with Crippen molar-refractivity contribution < 1.29 is 4.79 Å². The molecule has 2 N–H and O–H groups in total. The van der Waals surface area contributed by atoms with Gasteiger partial charge in [-0.15, -0.1) is 0 Å². The van der Waals surface area contributed by atoms with Gasteiger partial charge in [-0.2, -0.15) is 0 Å². The Kier molecular flexibility index (Phi) is 5.00. The second kappa shape index (κ2) is 6.04. The van der Waals surface area contributed by atoms with E-state index in [1.165, 1.54) is 0 Å². The van der Waals surface area contributed by atoms with Crippen LogP contribution in [-0.2, 0) is 4.79 Å². The van der Waals surface area contributed by atoms with E-state index < -0.39 is 0 Å². The Bertz CT molecular complexity index is 273. The number of nitrogens with two attached hydrogens (primary N) is 1. The minimum Gasteiger partial charge on any atom is -0.339 e. The number of hydrogen-bond donors (Lipinski definition) is 1. The van der Waals surface area contributed by atoms with Crippen LogP contribution in [0.1, 0.15) is 33.6 Å². The second-order valence-corrected chi connectivity index (χ2v) is 4.81. The molecular formula is C13H24N2O. The van der Waals surface area contributed by atoms with Crippen LogP contribution in [0.5, 0.6) is 0 Å². The minimum atomic E-state index is 0.187. The van der Waals surface area contributed by atoms with Gasteiger partial charge in [0.05, 0.1) is 0 Å². The molecule has 0 saturated carbocycles. The Morgan fingerprint density at radius 3 is 2.81 bits per heavy atom. The molecule has 1 rings (SSSR count). The van der Waals surface area contributed by atoms with Crippen molar-refractivity contribution >= 4 is 5.91 Å². The Morgan fingerprint density at radius 2 is 2.25 bits per heavy atom. The van der Waals surface area contributed by atoms with E-state index >= 15 is 0 Å². The van der Waals surface area contributed by atoms with Gasteiger partial charge in [-0.05, 0) is 38.1 Å². The van der Waals surface area contributed by atoms with Gasteiger partial charge in [0.15, 0.2) is 0 Å². The normalized spacial score (nSPS) is 27.0. The molecule has 1 aliphatic heterocycles. The molecule has 2 atom stereocenters. The van der Waals surface area contributed by atoms with E-state index in [4.69, 9.17) is 5.73 Å². The van der Waals surface area contributed by atoms with Gasteiger partial charge in [-0.25, -0.2) is 0 Å². The molecule has 3 heteroatoms. The van der Waals surface area contributed by atoms with E-state index in [1.807, 2.05) is 17.9 Å². The van der Waals surface area contributed by atoms with Crippen molar-refractivity contribution in [1.82, 2.24) is 4.90 Å². The molecule has 0 radical (unpaired) electrons. The fourth-order valence-corrected chi connectivity index (χ4v) is 2.28. The molecule has 2 unspecified atom stereocenters. The fourth-order valence-electron chi connectivity index (χ4n) is 2.28. The van der Waals surface area contributed by atoms with Crippen molar-refractivity contribution in [3.8, 4) is 0 Å². The number of piperidine rings is 1. The maximum Gasteiger partial charge on any atom is 0.249 e. The predicted octanol–water partition coefficient (Wildman–Crippen LogP) is 1.79. The summed E-state index contributed by atoms with van der Waals surface area (Å²) < 4.78 is 0. The first-order chi connectivity index (χ1) is 7.60. The van der Waals surface area contributed by atoms with Crippen molar-refractivity contribution in [2.75, 3.05) is 19.6 Å². The van der Waals surface area contributed by atoms with E-state index in [2.05, 4.69) is 13.8 Å². The number of rotatable bonds is 3. The number of likely N-dealkylation sites (tertiary alicyclic amines) is 1. The Labute approximate surface area is 98.7 Å². The Morgan fingerprint density at radius 1 is 1.56 bits per heavy atom.